The van der Waals surface area contributed by atoms with Gasteiger partial charge in [-0.2, -0.15) is 0 Å². The lowest BCUT2D eigenvalue weighted by atomic mass is 10.1. The summed E-state index contributed by atoms with van der Waals surface area (Å²) in [6.45, 7) is 2.07. The Balaban J connectivity index is 1.88. The first-order valence-corrected chi connectivity index (χ1v) is 9.93. The van der Waals surface area contributed by atoms with E-state index >= 15 is 0 Å². The third kappa shape index (κ3) is 3.58. The zero-order chi connectivity index (χ0) is 17.3. The van der Waals surface area contributed by atoms with E-state index in [0.29, 0.717) is 19.5 Å². The molecule has 7 heteroatoms. The SMILES string of the molecule is CN(C)CCc1c(O)[nH]c2ccc(CS(=O)(=O)N3CCCC3)cc12. The lowest BCUT2D eigenvalue weighted by Crippen LogP contribution is -2.29. The van der Waals surface area contributed by atoms with Gasteiger partial charge >= 0.3 is 0 Å². The maximum absolute atomic E-state index is 12.5. The number of rotatable bonds is 6. The molecule has 0 radical (unpaired) electrons. The normalized spacial score (nSPS) is 16.5. The Hall–Kier alpha value is -1.57. The van der Waals surface area contributed by atoms with Crippen LogP contribution in [-0.4, -0.2) is 61.4 Å². The van der Waals surface area contributed by atoms with E-state index in [0.717, 1.165) is 41.4 Å². The third-order valence-electron chi connectivity index (χ3n) is 4.56. The number of H-pyrrole nitrogens is 1. The van der Waals surface area contributed by atoms with Crippen LogP contribution in [0.4, 0.5) is 0 Å². The Morgan fingerprint density at radius 1 is 1.25 bits per heavy atom. The van der Waals surface area contributed by atoms with Crippen molar-refractivity contribution in [1.82, 2.24) is 14.2 Å². The standard InChI is InChI=1S/C17H25N3O3S/c1-19(2)10-7-14-15-11-13(5-6-16(15)18-17(14)21)12-24(22,23)20-8-3-4-9-20/h5-6,11,18,21H,3-4,7-10,12H2,1-2H3. The molecule has 6 nitrogen and oxygen atoms in total. The zero-order valence-corrected chi connectivity index (χ0v) is 15.1. The number of aromatic amines is 1. The van der Waals surface area contributed by atoms with Gasteiger partial charge < -0.3 is 15.0 Å². The van der Waals surface area contributed by atoms with Crippen LogP contribution < -0.4 is 0 Å². The summed E-state index contributed by atoms with van der Waals surface area (Å²) < 4.78 is 26.6. The number of likely N-dealkylation sites (N-methyl/N-ethyl adjacent to an activating group) is 1. The number of benzene rings is 1. The van der Waals surface area contributed by atoms with Crippen molar-refractivity contribution in [3.63, 3.8) is 0 Å². The lowest BCUT2D eigenvalue weighted by molar-refractivity contribution is 0.405. The van der Waals surface area contributed by atoms with Gasteiger partial charge in [0.2, 0.25) is 10.0 Å². The molecule has 1 saturated heterocycles. The molecule has 0 amide bonds. The highest BCUT2D eigenvalue weighted by Gasteiger charge is 2.25. The monoisotopic (exact) mass is 351 g/mol. The molecular formula is C17H25N3O3S. The summed E-state index contributed by atoms with van der Waals surface area (Å²) in [5, 5.41) is 11.0. The van der Waals surface area contributed by atoms with Crippen LogP contribution in [0.5, 0.6) is 5.88 Å². The third-order valence-corrected chi connectivity index (χ3v) is 6.41. The van der Waals surface area contributed by atoms with Gasteiger partial charge in [-0.15, -0.1) is 0 Å². The quantitative estimate of drug-likeness (QED) is 0.833. The van der Waals surface area contributed by atoms with Crippen molar-refractivity contribution < 1.29 is 13.5 Å². The molecule has 2 heterocycles. The molecule has 0 atom stereocenters. The number of nitrogens with zero attached hydrogens (tertiary/aromatic N) is 2. The minimum atomic E-state index is -3.26. The van der Waals surface area contributed by atoms with Crippen LogP contribution in [-0.2, 0) is 22.2 Å². The first-order chi connectivity index (χ1) is 11.4. The molecular weight excluding hydrogens is 326 g/mol. The Morgan fingerprint density at radius 3 is 2.62 bits per heavy atom. The van der Waals surface area contributed by atoms with Gasteiger partial charge in [0.1, 0.15) is 0 Å². The van der Waals surface area contributed by atoms with Crippen molar-refractivity contribution in [1.29, 1.82) is 0 Å². The number of sulfonamides is 1. The maximum atomic E-state index is 12.5. The van der Waals surface area contributed by atoms with Gasteiger partial charge in [0.25, 0.3) is 0 Å². The van der Waals surface area contributed by atoms with E-state index in [1.807, 2.05) is 32.3 Å². The minimum absolute atomic E-state index is 0.0159. The summed E-state index contributed by atoms with van der Waals surface area (Å²) in [6, 6.07) is 5.56. The molecule has 1 aromatic carbocycles. The highest BCUT2D eigenvalue weighted by molar-refractivity contribution is 7.88. The second-order valence-corrected chi connectivity index (χ2v) is 8.72. The first kappa shape index (κ1) is 17.3. The highest BCUT2D eigenvalue weighted by atomic mass is 32.2. The van der Waals surface area contributed by atoms with Crippen molar-refractivity contribution in [3.8, 4) is 5.88 Å². The maximum Gasteiger partial charge on any atom is 0.218 e. The number of aromatic hydroxyl groups is 1. The number of hydrogen-bond donors (Lipinski definition) is 2. The molecule has 2 aromatic rings. The molecule has 0 spiro atoms. The predicted molar refractivity (Wildman–Crippen MR) is 95.7 cm³/mol. The van der Waals surface area contributed by atoms with Gasteiger partial charge in [-0.05, 0) is 51.1 Å². The van der Waals surface area contributed by atoms with E-state index in [2.05, 4.69) is 9.88 Å². The van der Waals surface area contributed by atoms with Gasteiger partial charge in [0.15, 0.2) is 5.88 Å². The summed E-state index contributed by atoms with van der Waals surface area (Å²) in [5.41, 5.74) is 2.45. The van der Waals surface area contributed by atoms with Crippen LogP contribution in [0, 0.1) is 0 Å². The fourth-order valence-corrected chi connectivity index (χ4v) is 4.83. The van der Waals surface area contributed by atoms with Crippen molar-refractivity contribution in [2.45, 2.75) is 25.0 Å². The summed E-state index contributed by atoms with van der Waals surface area (Å²) >= 11 is 0. The largest absolute Gasteiger partial charge is 0.494 e. The van der Waals surface area contributed by atoms with E-state index in [4.69, 9.17) is 0 Å². The molecule has 24 heavy (non-hydrogen) atoms. The van der Waals surface area contributed by atoms with Crippen LogP contribution in [0.3, 0.4) is 0 Å². The van der Waals surface area contributed by atoms with Gasteiger partial charge in [0, 0.05) is 36.1 Å². The van der Waals surface area contributed by atoms with Crippen molar-refractivity contribution in [2.75, 3.05) is 33.7 Å². The zero-order valence-electron chi connectivity index (χ0n) is 14.2. The Labute approximate surface area is 143 Å². The molecule has 0 unspecified atom stereocenters. The van der Waals surface area contributed by atoms with E-state index in [9.17, 15) is 13.5 Å². The molecule has 0 bridgehead atoms. The van der Waals surface area contributed by atoms with Crippen LogP contribution in [0.25, 0.3) is 10.9 Å². The summed E-state index contributed by atoms with van der Waals surface area (Å²) in [6.07, 6.45) is 2.60. The van der Waals surface area contributed by atoms with Gasteiger partial charge in [-0.3, -0.25) is 0 Å². The van der Waals surface area contributed by atoms with E-state index in [1.165, 1.54) is 0 Å². The van der Waals surface area contributed by atoms with Crippen molar-refractivity contribution >= 4 is 20.9 Å². The van der Waals surface area contributed by atoms with Gasteiger partial charge in [-0.25, -0.2) is 12.7 Å². The average molecular weight is 351 g/mol. The topological polar surface area (TPSA) is 76.6 Å². The second-order valence-electron chi connectivity index (χ2n) is 6.75. The van der Waals surface area contributed by atoms with Crippen molar-refractivity contribution in [2.24, 2.45) is 0 Å². The Morgan fingerprint density at radius 2 is 1.96 bits per heavy atom. The summed E-state index contributed by atoms with van der Waals surface area (Å²) in [4.78, 5) is 5.03. The second kappa shape index (κ2) is 6.74. The van der Waals surface area contributed by atoms with E-state index in [1.54, 1.807) is 4.31 Å². The summed E-state index contributed by atoms with van der Waals surface area (Å²) in [5.74, 6) is 0.188. The predicted octanol–water partition coefficient (Wildman–Crippen LogP) is 1.90. The Bertz CT molecular complexity index is 821. The number of aromatic nitrogens is 1. The molecule has 0 saturated carbocycles. The molecule has 1 fully saturated rings. The Kier molecular flexibility index (Phi) is 4.85. The van der Waals surface area contributed by atoms with E-state index in [-0.39, 0.29) is 11.6 Å². The van der Waals surface area contributed by atoms with Crippen molar-refractivity contribution in [3.05, 3.63) is 29.3 Å². The molecule has 1 aliphatic heterocycles. The molecule has 3 rings (SSSR count). The highest BCUT2D eigenvalue weighted by Crippen LogP contribution is 2.29. The number of hydrogen-bond acceptors (Lipinski definition) is 4. The number of nitrogens with one attached hydrogen (secondary N) is 1. The van der Waals surface area contributed by atoms with Crippen LogP contribution in [0.15, 0.2) is 18.2 Å². The molecule has 1 aromatic heterocycles. The van der Waals surface area contributed by atoms with Gasteiger partial charge in [0.05, 0.1) is 5.75 Å². The molecule has 1 aliphatic rings. The summed E-state index contributed by atoms with van der Waals surface area (Å²) in [7, 11) is 0.711. The van der Waals surface area contributed by atoms with E-state index < -0.39 is 10.0 Å². The van der Waals surface area contributed by atoms with Crippen LogP contribution >= 0.6 is 0 Å². The van der Waals surface area contributed by atoms with Crippen LogP contribution in [0.1, 0.15) is 24.0 Å². The van der Waals surface area contributed by atoms with Crippen LogP contribution in [0.2, 0.25) is 0 Å². The average Bonchev–Trinajstić information content (AvgIpc) is 3.12. The fourth-order valence-electron chi connectivity index (χ4n) is 3.23. The fraction of sp³-hybridized carbons (Fsp3) is 0.529. The van der Waals surface area contributed by atoms with Gasteiger partial charge in [-0.1, -0.05) is 6.07 Å². The minimum Gasteiger partial charge on any atom is -0.494 e. The number of fused-ring (bicyclic) bond motifs is 1. The molecule has 2 N–H and O–H groups in total. The smallest absolute Gasteiger partial charge is 0.218 e. The lowest BCUT2D eigenvalue weighted by Gasteiger charge is -2.15. The molecule has 132 valence electrons. The molecule has 0 aliphatic carbocycles. The first-order valence-electron chi connectivity index (χ1n) is 8.32.